The van der Waals surface area contributed by atoms with Crippen LogP contribution in [-0.4, -0.2) is 16.6 Å². The van der Waals surface area contributed by atoms with Crippen LogP contribution in [0.1, 0.15) is 0 Å². The van der Waals surface area contributed by atoms with Crippen LogP contribution in [0.5, 0.6) is 11.5 Å². The van der Waals surface area contributed by atoms with Crippen LogP contribution in [0.4, 0.5) is 0 Å². The molecule has 146 valence electrons. The number of benzene rings is 3. The molecule has 0 radical (unpaired) electrons. The molecule has 0 fully saturated rings. The van der Waals surface area contributed by atoms with Gasteiger partial charge in [-0.05, 0) is 62.5 Å². The van der Waals surface area contributed by atoms with E-state index < -0.39 is 16.6 Å². The summed E-state index contributed by atoms with van der Waals surface area (Å²) in [7, 11) is -3.57. The van der Waals surface area contributed by atoms with E-state index >= 15 is 0 Å². The minimum Gasteiger partial charge on any atom is -0.544 e. The molecule has 0 spiro atoms. The van der Waals surface area contributed by atoms with Gasteiger partial charge in [-0.15, -0.1) is 0 Å². The predicted molar refractivity (Wildman–Crippen MR) is 125 cm³/mol. The Hall–Kier alpha value is -2.31. The summed E-state index contributed by atoms with van der Waals surface area (Å²) in [6.45, 7) is 13.3. The molecule has 0 saturated carbocycles. The van der Waals surface area contributed by atoms with Crippen LogP contribution in [0.15, 0.2) is 72.8 Å². The second-order valence-electron chi connectivity index (χ2n) is 9.01. The molecule has 0 aliphatic rings. The predicted octanol–water partition coefficient (Wildman–Crippen LogP) is 7.45. The quantitative estimate of drug-likeness (QED) is 0.396. The van der Waals surface area contributed by atoms with Gasteiger partial charge >= 0.3 is 0 Å². The molecular weight excluding hydrogens is 376 g/mol. The standard InChI is InChI=1S/C24H30O2Si2/c1-27(2,3)25-23-17-22(20-15-11-8-12-16-20)24(26-28(4,5)6)18-21(23)19-13-9-7-10-14-19/h7-18H,1-6H3. The number of hydrogen-bond donors (Lipinski definition) is 0. The topological polar surface area (TPSA) is 18.5 Å². The van der Waals surface area contributed by atoms with Crippen LogP contribution < -0.4 is 8.85 Å². The maximum absolute atomic E-state index is 6.53. The van der Waals surface area contributed by atoms with Gasteiger partial charge in [0.2, 0.25) is 16.6 Å². The molecule has 28 heavy (non-hydrogen) atoms. The molecule has 3 rings (SSSR count). The molecule has 0 unspecified atom stereocenters. The van der Waals surface area contributed by atoms with E-state index in [4.69, 9.17) is 8.85 Å². The second-order valence-corrected chi connectivity index (χ2v) is 17.9. The first kappa shape index (κ1) is 20.4. The Kier molecular flexibility index (Phi) is 5.82. The minimum atomic E-state index is -1.78. The van der Waals surface area contributed by atoms with Crippen molar-refractivity contribution in [1.82, 2.24) is 0 Å². The molecule has 0 aliphatic carbocycles. The highest BCUT2D eigenvalue weighted by molar-refractivity contribution is 6.71. The summed E-state index contributed by atoms with van der Waals surface area (Å²) in [5, 5.41) is 0. The molecule has 4 heteroatoms. The van der Waals surface area contributed by atoms with Gasteiger partial charge in [0.05, 0.1) is 0 Å². The van der Waals surface area contributed by atoms with Crippen molar-refractivity contribution in [3.8, 4) is 33.8 Å². The van der Waals surface area contributed by atoms with Crippen LogP contribution in [0, 0.1) is 0 Å². The molecule has 0 aromatic heterocycles. The fourth-order valence-corrected chi connectivity index (χ4v) is 4.73. The lowest BCUT2D eigenvalue weighted by atomic mass is 9.98. The molecular formula is C24H30O2Si2. The molecule has 0 atom stereocenters. The lowest BCUT2D eigenvalue weighted by Crippen LogP contribution is -2.30. The van der Waals surface area contributed by atoms with E-state index in [-0.39, 0.29) is 0 Å². The zero-order valence-corrected chi connectivity index (χ0v) is 19.7. The Morgan fingerprint density at radius 2 is 0.821 bits per heavy atom. The van der Waals surface area contributed by atoms with Gasteiger partial charge < -0.3 is 8.85 Å². The maximum Gasteiger partial charge on any atom is 0.242 e. The van der Waals surface area contributed by atoms with Gasteiger partial charge in [-0.3, -0.25) is 0 Å². The van der Waals surface area contributed by atoms with Gasteiger partial charge in [0.25, 0.3) is 0 Å². The largest absolute Gasteiger partial charge is 0.544 e. The molecule has 0 amide bonds. The third-order valence-electron chi connectivity index (χ3n) is 4.08. The molecule has 0 aliphatic heterocycles. The molecule has 3 aromatic rings. The van der Waals surface area contributed by atoms with Gasteiger partial charge in [-0.2, -0.15) is 0 Å². The second kappa shape index (κ2) is 7.97. The summed E-state index contributed by atoms with van der Waals surface area (Å²) in [6, 6.07) is 25.2. The number of rotatable bonds is 6. The first-order valence-electron chi connectivity index (χ1n) is 9.79. The summed E-state index contributed by atoms with van der Waals surface area (Å²) in [6.07, 6.45) is 0. The van der Waals surface area contributed by atoms with Crippen molar-refractivity contribution >= 4 is 16.6 Å². The monoisotopic (exact) mass is 406 g/mol. The smallest absolute Gasteiger partial charge is 0.242 e. The molecule has 0 bridgehead atoms. The Labute approximate surface area is 171 Å². The molecule has 0 heterocycles. The first-order valence-corrected chi connectivity index (χ1v) is 16.6. The van der Waals surface area contributed by atoms with Crippen molar-refractivity contribution in [2.45, 2.75) is 39.3 Å². The van der Waals surface area contributed by atoms with Crippen molar-refractivity contribution in [3.05, 3.63) is 72.8 Å². The van der Waals surface area contributed by atoms with E-state index in [0.29, 0.717) is 0 Å². The summed E-state index contributed by atoms with van der Waals surface area (Å²) < 4.78 is 13.1. The highest BCUT2D eigenvalue weighted by atomic mass is 28.4. The van der Waals surface area contributed by atoms with E-state index in [0.717, 1.165) is 33.8 Å². The van der Waals surface area contributed by atoms with Crippen LogP contribution in [0.25, 0.3) is 22.3 Å². The zero-order valence-electron chi connectivity index (χ0n) is 17.7. The Balaban J connectivity index is 2.25. The summed E-state index contributed by atoms with van der Waals surface area (Å²) >= 11 is 0. The van der Waals surface area contributed by atoms with Crippen molar-refractivity contribution < 1.29 is 8.85 Å². The van der Waals surface area contributed by atoms with Gasteiger partial charge in [-0.25, -0.2) is 0 Å². The third-order valence-corrected chi connectivity index (χ3v) is 5.75. The Bertz CT molecular complexity index is 845. The lowest BCUT2D eigenvalue weighted by Gasteiger charge is -2.27. The summed E-state index contributed by atoms with van der Waals surface area (Å²) in [5.74, 6) is 1.87. The fraction of sp³-hybridized carbons (Fsp3) is 0.250. The molecule has 2 nitrogen and oxygen atoms in total. The molecule has 0 N–H and O–H groups in total. The van der Waals surface area contributed by atoms with Gasteiger partial charge in [0.1, 0.15) is 11.5 Å². The van der Waals surface area contributed by atoms with Crippen LogP contribution in [0.2, 0.25) is 39.3 Å². The Morgan fingerprint density at radius 3 is 1.11 bits per heavy atom. The van der Waals surface area contributed by atoms with Crippen LogP contribution >= 0.6 is 0 Å². The maximum atomic E-state index is 6.53. The van der Waals surface area contributed by atoms with E-state index in [1.807, 2.05) is 12.1 Å². The van der Waals surface area contributed by atoms with Gasteiger partial charge in [0, 0.05) is 11.1 Å². The van der Waals surface area contributed by atoms with E-state index in [1.165, 1.54) is 0 Å². The van der Waals surface area contributed by atoms with E-state index in [9.17, 15) is 0 Å². The average Bonchev–Trinajstić information content (AvgIpc) is 2.62. The lowest BCUT2D eigenvalue weighted by molar-refractivity contribution is 0.545. The zero-order chi connectivity index (χ0) is 20.4. The normalized spacial score (nSPS) is 11.9. The van der Waals surface area contributed by atoms with Crippen molar-refractivity contribution in [3.63, 3.8) is 0 Å². The van der Waals surface area contributed by atoms with E-state index in [2.05, 4.69) is 99.9 Å². The van der Waals surface area contributed by atoms with Crippen molar-refractivity contribution in [2.24, 2.45) is 0 Å². The summed E-state index contributed by atoms with van der Waals surface area (Å²) in [4.78, 5) is 0. The molecule has 0 saturated heterocycles. The highest BCUT2D eigenvalue weighted by Crippen LogP contribution is 2.42. The SMILES string of the molecule is C[Si](C)(C)Oc1cc(-c2ccccc2)c(O[Si](C)(C)C)cc1-c1ccccc1. The minimum absolute atomic E-state index is 0.937. The van der Waals surface area contributed by atoms with E-state index in [1.54, 1.807) is 0 Å². The average molecular weight is 407 g/mol. The fourth-order valence-electron chi connectivity index (χ4n) is 3.08. The highest BCUT2D eigenvalue weighted by Gasteiger charge is 2.24. The first-order chi connectivity index (χ1) is 13.1. The van der Waals surface area contributed by atoms with Gasteiger partial charge in [0.15, 0.2) is 0 Å². The van der Waals surface area contributed by atoms with Crippen LogP contribution in [0.3, 0.4) is 0 Å². The van der Waals surface area contributed by atoms with Crippen molar-refractivity contribution in [1.29, 1.82) is 0 Å². The molecule has 3 aromatic carbocycles. The van der Waals surface area contributed by atoms with Crippen LogP contribution in [-0.2, 0) is 0 Å². The van der Waals surface area contributed by atoms with Gasteiger partial charge in [-0.1, -0.05) is 60.7 Å². The Morgan fingerprint density at radius 1 is 0.500 bits per heavy atom. The third kappa shape index (κ3) is 5.36. The van der Waals surface area contributed by atoms with Crippen molar-refractivity contribution in [2.75, 3.05) is 0 Å². The summed E-state index contributed by atoms with van der Waals surface area (Å²) in [5.41, 5.74) is 4.48. The number of hydrogen-bond acceptors (Lipinski definition) is 2.